The van der Waals surface area contributed by atoms with Crippen LogP contribution in [-0.2, 0) is 14.4 Å². The minimum absolute atomic E-state index is 0.0236. The molecule has 2 fully saturated rings. The average Bonchev–Trinajstić information content (AvgIpc) is 3.15. The van der Waals surface area contributed by atoms with Gasteiger partial charge in [-0.25, -0.2) is 0 Å². The van der Waals surface area contributed by atoms with Gasteiger partial charge in [-0.15, -0.1) is 0 Å². The van der Waals surface area contributed by atoms with Crippen molar-refractivity contribution in [1.29, 1.82) is 0 Å². The summed E-state index contributed by atoms with van der Waals surface area (Å²) in [4.78, 5) is 40.0. The molecule has 6 nitrogen and oxygen atoms in total. The third kappa shape index (κ3) is 3.57. The van der Waals surface area contributed by atoms with Gasteiger partial charge < -0.3 is 15.5 Å². The molecular weight excluding hydrogens is 342 g/mol. The van der Waals surface area contributed by atoms with Gasteiger partial charge in [-0.3, -0.25) is 14.4 Å². The molecule has 0 unspecified atom stereocenters. The topological polar surface area (TPSA) is 78.5 Å². The van der Waals surface area contributed by atoms with Gasteiger partial charge in [0.25, 0.3) is 0 Å². The first-order valence-corrected chi connectivity index (χ1v) is 9.61. The minimum atomic E-state index is -0.924. The molecule has 2 aliphatic rings. The minimum Gasteiger partial charge on any atom is -0.357 e. The number of carbonyl (C=O) groups is 3. The second-order valence-corrected chi connectivity index (χ2v) is 8.61. The van der Waals surface area contributed by atoms with E-state index in [9.17, 15) is 14.4 Å². The van der Waals surface area contributed by atoms with Gasteiger partial charge in [0.05, 0.1) is 0 Å². The maximum absolute atomic E-state index is 13.1. The summed E-state index contributed by atoms with van der Waals surface area (Å²) in [6.45, 7) is 6.17. The van der Waals surface area contributed by atoms with E-state index in [1.165, 1.54) is 0 Å². The lowest BCUT2D eigenvalue weighted by Gasteiger charge is -2.31. The molecule has 146 valence electrons. The van der Waals surface area contributed by atoms with Gasteiger partial charge in [-0.2, -0.15) is 0 Å². The molecule has 1 aliphatic carbocycles. The first kappa shape index (κ1) is 19.4. The van der Waals surface area contributed by atoms with Gasteiger partial charge in [0.1, 0.15) is 11.6 Å². The number of likely N-dealkylation sites (N-methyl/N-ethyl adjacent to an activating group) is 1. The Labute approximate surface area is 160 Å². The van der Waals surface area contributed by atoms with Crippen LogP contribution in [0.4, 0.5) is 0 Å². The molecule has 3 amide bonds. The Bertz CT molecular complexity index is 741. The zero-order chi connectivity index (χ0) is 19.8. The van der Waals surface area contributed by atoms with E-state index in [4.69, 9.17) is 0 Å². The monoisotopic (exact) mass is 371 g/mol. The highest BCUT2D eigenvalue weighted by atomic mass is 16.2. The molecule has 1 aromatic carbocycles. The van der Waals surface area contributed by atoms with Crippen molar-refractivity contribution in [1.82, 2.24) is 15.5 Å². The zero-order valence-electron chi connectivity index (χ0n) is 16.5. The number of rotatable bonds is 4. The summed E-state index contributed by atoms with van der Waals surface area (Å²) in [7, 11) is 1.58. The largest absolute Gasteiger partial charge is 0.357 e. The van der Waals surface area contributed by atoms with Crippen molar-refractivity contribution in [3.8, 4) is 0 Å². The van der Waals surface area contributed by atoms with Crippen LogP contribution < -0.4 is 10.6 Å². The predicted octanol–water partition coefficient (Wildman–Crippen LogP) is 1.81. The number of carbonyl (C=O) groups excluding carboxylic acids is 3. The third-order valence-electron chi connectivity index (χ3n) is 5.60. The molecule has 0 spiro atoms. The Morgan fingerprint density at radius 1 is 1.15 bits per heavy atom. The van der Waals surface area contributed by atoms with Crippen LogP contribution in [0, 0.1) is 5.41 Å². The fraction of sp³-hybridized carbons (Fsp3) is 0.571. The van der Waals surface area contributed by atoms with Crippen molar-refractivity contribution in [3.63, 3.8) is 0 Å². The lowest BCUT2D eigenvalue weighted by Crippen LogP contribution is -2.56. The van der Waals surface area contributed by atoms with Gasteiger partial charge in [0, 0.05) is 24.9 Å². The van der Waals surface area contributed by atoms with Crippen molar-refractivity contribution >= 4 is 17.7 Å². The lowest BCUT2D eigenvalue weighted by molar-refractivity contribution is -0.145. The van der Waals surface area contributed by atoms with Crippen molar-refractivity contribution in [2.24, 2.45) is 5.41 Å². The lowest BCUT2D eigenvalue weighted by atomic mass is 9.94. The number of nitrogens with zero attached hydrogens (tertiary/aromatic N) is 1. The Morgan fingerprint density at radius 2 is 1.81 bits per heavy atom. The third-order valence-corrected chi connectivity index (χ3v) is 5.60. The molecule has 1 aromatic rings. The van der Waals surface area contributed by atoms with Gasteiger partial charge in [-0.1, -0.05) is 51.1 Å². The second-order valence-electron chi connectivity index (χ2n) is 8.61. The van der Waals surface area contributed by atoms with E-state index in [1.807, 2.05) is 51.1 Å². The zero-order valence-corrected chi connectivity index (χ0v) is 16.5. The summed E-state index contributed by atoms with van der Waals surface area (Å²) in [5.41, 5.74) is -0.421. The molecule has 1 aliphatic heterocycles. The van der Waals surface area contributed by atoms with Crippen molar-refractivity contribution in [2.45, 2.75) is 57.5 Å². The molecule has 1 heterocycles. The second kappa shape index (κ2) is 6.98. The maximum Gasteiger partial charge on any atom is 0.246 e. The normalized spacial score (nSPS) is 27.2. The number of likely N-dealkylation sites (tertiary alicyclic amines) is 1. The van der Waals surface area contributed by atoms with Crippen LogP contribution in [0.5, 0.6) is 0 Å². The van der Waals surface area contributed by atoms with E-state index >= 15 is 0 Å². The molecule has 6 heteroatoms. The van der Waals surface area contributed by atoms with Crippen LogP contribution in [0.15, 0.2) is 30.3 Å². The molecule has 3 atom stereocenters. The van der Waals surface area contributed by atoms with Gasteiger partial charge in [-0.05, 0) is 24.8 Å². The predicted molar refractivity (Wildman–Crippen MR) is 103 cm³/mol. The highest BCUT2D eigenvalue weighted by Gasteiger charge is 2.62. The number of hydrogen-bond donors (Lipinski definition) is 2. The van der Waals surface area contributed by atoms with Crippen LogP contribution >= 0.6 is 0 Å². The van der Waals surface area contributed by atoms with Crippen LogP contribution in [0.1, 0.15) is 51.5 Å². The number of hydrogen-bond acceptors (Lipinski definition) is 3. The van der Waals surface area contributed by atoms with Gasteiger partial charge in [0.15, 0.2) is 0 Å². The Morgan fingerprint density at radius 3 is 2.41 bits per heavy atom. The summed E-state index contributed by atoms with van der Waals surface area (Å²) in [6.07, 6.45) is 2.00. The number of nitrogens with one attached hydrogen (secondary N) is 2. The quantitative estimate of drug-likeness (QED) is 0.847. The van der Waals surface area contributed by atoms with Crippen molar-refractivity contribution in [2.75, 3.05) is 13.6 Å². The van der Waals surface area contributed by atoms with E-state index in [0.717, 1.165) is 12.0 Å². The van der Waals surface area contributed by atoms with E-state index in [-0.39, 0.29) is 23.6 Å². The molecule has 0 bridgehead atoms. The van der Waals surface area contributed by atoms with Crippen LogP contribution in [-0.4, -0.2) is 47.8 Å². The summed E-state index contributed by atoms with van der Waals surface area (Å²) in [5.74, 6) is -0.483. The number of amides is 3. The smallest absolute Gasteiger partial charge is 0.246 e. The standard InChI is InChI=1S/C21H29N3O3/c1-20(2,3)19(27)24-12-8-11-16(24)17(25)23-21(18(26)22-4)13-15(21)14-9-6-5-7-10-14/h5-7,9-10,15-16H,8,11-13H2,1-4H3,(H,22,26)(H,23,25)/t15-,16-,21+/m0/s1. The van der Waals surface area contributed by atoms with Crippen LogP contribution in [0.3, 0.4) is 0 Å². The summed E-state index contributed by atoms with van der Waals surface area (Å²) < 4.78 is 0. The van der Waals surface area contributed by atoms with E-state index in [2.05, 4.69) is 10.6 Å². The first-order valence-electron chi connectivity index (χ1n) is 9.61. The van der Waals surface area contributed by atoms with Crippen LogP contribution in [0.25, 0.3) is 0 Å². The number of benzene rings is 1. The highest BCUT2D eigenvalue weighted by Crippen LogP contribution is 2.51. The van der Waals surface area contributed by atoms with E-state index < -0.39 is 17.0 Å². The van der Waals surface area contributed by atoms with Crippen molar-refractivity contribution < 1.29 is 14.4 Å². The fourth-order valence-electron chi connectivity index (χ4n) is 4.04. The first-order chi connectivity index (χ1) is 12.7. The molecule has 0 radical (unpaired) electrons. The Balaban J connectivity index is 1.78. The fourth-order valence-corrected chi connectivity index (χ4v) is 4.04. The summed E-state index contributed by atoms with van der Waals surface area (Å²) in [6, 6.07) is 9.25. The molecule has 27 heavy (non-hydrogen) atoms. The summed E-state index contributed by atoms with van der Waals surface area (Å²) >= 11 is 0. The molecule has 1 saturated heterocycles. The highest BCUT2D eigenvalue weighted by molar-refractivity contribution is 5.98. The molecule has 0 aromatic heterocycles. The van der Waals surface area contributed by atoms with E-state index in [0.29, 0.717) is 19.4 Å². The maximum atomic E-state index is 13.1. The van der Waals surface area contributed by atoms with Gasteiger partial charge >= 0.3 is 0 Å². The van der Waals surface area contributed by atoms with E-state index in [1.54, 1.807) is 11.9 Å². The molecule has 1 saturated carbocycles. The SMILES string of the molecule is CNC(=O)[C@@]1(NC(=O)[C@@H]2CCCN2C(=O)C(C)(C)C)C[C@H]1c1ccccc1. The van der Waals surface area contributed by atoms with Crippen LogP contribution in [0.2, 0.25) is 0 Å². The molecule has 3 rings (SSSR count). The Kier molecular flexibility index (Phi) is 5.02. The molecular formula is C21H29N3O3. The Hall–Kier alpha value is -2.37. The average molecular weight is 371 g/mol. The summed E-state index contributed by atoms with van der Waals surface area (Å²) in [5, 5.41) is 5.69. The van der Waals surface area contributed by atoms with Crippen molar-refractivity contribution in [3.05, 3.63) is 35.9 Å². The van der Waals surface area contributed by atoms with Gasteiger partial charge in [0.2, 0.25) is 17.7 Å². The molecule has 2 N–H and O–H groups in total.